The molecule has 1 saturated carbocycles. The van der Waals surface area contributed by atoms with Crippen molar-refractivity contribution in [2.24, 2.45) is 11.7 Å². The first kappa shape index (κ1) is 11.0. The third kappa shape index (κ3) is 4.63. The quantitative estimate of drug-likeness (QED) is 0.654. The Bertz CT molecular complexity index is 128. The summed E-state index contributed by atoms with van der Waals surface area (Å²) in [4.78, 5) is 2.45. The molecule has 1 aliphatic rings. The van der Waals surface area contributed by atoms with Crippen LogP contribution in [0.4, 0.5) is 0 Å². The summed E-state index contributed by atoms with van der Waals surface area (Å²) in [6, 6.07) is 0.452. The van der Waals surface area contributed by atoms with Gasteiger partial charge in [-0.25, -0.2) is 0 Å². The highest BCUT2D eigenvalue weighted by molar-refractivity contribution is 4.78. The molecule has 0 radical (unpaired) electrons. The van der Waals surface area contributed by atoms with Crippen LogP contribution < -0.4 is 5.73 Å². The lowest BCUT2D eigenvalue weighted by Gasteiger charge is -2.20. The predicted octanol–water partition coefficient (Wildman–Crippen LogP) is 1.85. The van der Waals surface area contributed by atoms with Crippen molar-refractivity contribution in [2.45, 2.75) is 45.6 Å². The first-order chi connectivity index (χ1) is 6.26. The van der Waals surface area contributed by atoms with Gasteiger partial charge in [-0.3, -0.25) is 0 Å². The van der Waals surface area contributed by atoms with E-state index >= 15 is 0 Å². The topological polar surface area (TPSA) is 29.3 Å². The van der Waals surface area contributed by atoms with Crippen molar-refractivity contribution in [3.05, 3.63) is 0 Å². The molecule has 0 spiro atoms. The largest absolute Gasteiger partial charge is 0.328 e. The van der Waals surface area contributed by atoms with Crippen LogP contribution in [-0.2, 0) is 0 Å². The van der Waals surface area contributed by atoms with Gasteiger partial charge in [0.1, 0.15) is 0 Å². The Morgan fingerprint density at radius 1 is 1.31 bits per heavy atom. The van der Waals surface area contributed by atoms with Crippen LogP contribution in [0.3, 0.4) is 0 Å². The average molecular weight is 184 g/mol. The van der Waals surface area contributed by atoms with E-state index in [4.69, 9.17) is 5.73 Å². The minimum Gasteiger partial charge on any atom is -0.328 e. The minimum absolute atomic E-state index is 0.452. The van der Waals surface area contributed by atoms with Crippen molar-refractivity contribution in [3.63, 3.8) is 0 Å². The van der Waals surface area contributed by atoms with Gasteiger partial charge in [0.05, 0.1) is 0 Å². The summed E-state index contributed by atoms with van der Waals surface area (Å²) in [5, 5.41) is 0. The fraction of sp³-hybridized carbons (Fsp3) is 1.00. The summed E-state index contributed by atoms with van der Waals surface area (Å²) < 4.78 is 0. The Morgan fingerprint density at radius 2 is 1.92 bits per heavy atom. The molecule has 78 valence electrons. The maximum Gasteiger partial charge on any atom is 0.00536 e. The van der Waals surface area contributed by atoms with Crippen molar-refractivity contribution in [2.75, 3.05) is 19.6 Å². The highest BCUT2D eigenvalue weighted by Crippen LogP contribution is 2.33. The highest BCUT2D eigenvalue weighted by atomic mass is 15.1. The second-order valence-electron chi connectivity index (χ2n) is 4.25. The van der Waals surface area contributed by atoms with Gasteiger partial charge in [0.2, 0.25) is 0 Å². The zero-order valence-electron chi connectivity index (χ0n) is 9.13. The molecule has 0 amide bonds. The van der Waals surface area contributed by atoms with Gasteiger partial charge >= 0.3 is 0 Å². The molecule has 1 unspecified atom stereocenters. The normalized spacial score (nSPS) is 19.4. The number of hydrogen-bond donors (Lipinski definition) is 1. The SMILES string of the molecule is CCN(CC)CCC(N)CC1CC1. The Morgan fingerprint density at radius 3 is 2.38 bits per heavy atom. The number of rotatable bonds is 7. The van der Waals surface area contributed by atoms with Crippen LogP contribution in [0, 0.1) is 5.92 Å². The summed E-state index contributed by atoms with van der Waals surface area (Å²) >= 11 is 0. The van der Waals surface area contributed by atoms with Crippen LogP contribution in [0.25, 0.3) is 0 Å². The zero-order valence-corrected chi connectivity index (χ0v) is 9.13. The van der Waals surface area contributed by atoms with Crippen LogP contribution in [0.1, 0.15) is 39.5 Å². The lowest BCUT2D eigenvalue weighted by molar-refractivity contribution is 0.286. The van der Waals surface area contributed by atoms with Gasteiger partial charge in [-0.1, -0.05) is 26.7 Å². The summed E-state index contributed by atoms with van der Waals surface area (Å²) in [6.45, 7) is 7.94. The van der Waals surface area contributed by atoms with Gasteiger partial charge in [-0.2, -0.15) is 0 Å². The Kier molecular flexibility index (Phi) is 4.74. The summed E-state index contributed by atoms with van der Waals surface area (Å²) in [7, 11) is 0. The van der Waals surface area contributed by atoms with Crippen molar-refractivity contribution in [1.82, 2.24) is 4.90 Å². The fourth-order valence-electron chi connectivity index (χ4n) is 1.79. The molecule has 0 aromatic carbocycles. The Balaban J connectivity index is 2.01. The molecule has 1 fully saturated rings. The average Bonchev–Trinajstić information content (AvgIpc) is 2.90. The van der Waals surface area contributed by atoms with Gasteiger partial charge in [0.25, 0.3) is 0 Å². The molecule has 0 heterocycles. The molecule has 0 aromatic heterocycles. The van der Waals surface area contributed by atoms with E-state index in [-0.39, 0.29) is 0 Å². The van der Waals surface area contributed by atoms with Crippen LogP contribution in [-0.4, -0.2) is 30.6 Å². The van der Waals surface area contributed by atoms with Gasteiger partial charge < -0.3 is 10.6 Å². The van der Waals surface area contributed by atoms with Gasteiger partial charge in [0, 0.05) is 6.04 Å². The molecule has 0 aliphatic heterocycles. The van der Waals surface area contributed by atoms with E-state index in [9.17, 15) is 0 Å². The van der Waals surface area contributed by atoms with Crippen molar-refractivity contribution >= 4 is 0 Å². The van der Waals surface area contributed by atoms with Crippen LogP contribution in [0.5, 0.6) is 0 Å². The van der Waals surface area contributed by atoms with E-state index in [2.05, 4.69) is 18.7 Å². The predicted molar refractivity (Wildman–Crippen MR) is 57.7 cm³/mol. The first-order valence-electron chi connectivity index (χ1n) is 5.74. The smallest absolute Gasteiger partial charge is 0.00536 e. The van der Waals surface area contributed by atoms with E-state index in [1.165, 1.54) is 32.2 Å². The maximum absolute atomic E-state index is 6.05. The second kappa shape index (κ2) is 5.61. The van der Waals surface area contributed by atoms with Crippen LogP contribution >= 0.6 is 0 Å². The molecule has 0 bridgehead atoms. The first-order valence-corrected chi connectivity index (χ1v) is 5.74. The minimum atomic E-state index is 0.452. The molecule has 1 atom stereocenters. The molecule has 0 saturated heterocycles. The molecular formula is C11H24N2. The van der Waals surface area contributed by atoms with Crippen LogP contribution in [0.15, 0.2) is 0 Å². The van der Waals surface area contributed by atoms with Crippen LogP contribution in [0.2, 0.25) is 0 Å². The third-order valence-corrected chi connectivity index (χ3v) is 3.04. The lowest BCUT2D eigenvalue weighted by Crippen LogP contribution is -2.30. The monoisotopic (exact) mass is 184 g/mol. The standard InChI is InChI=1S/C11H24N2/c1-3-13(4-2)8-7-11(12)9-10-5-6-10/h10-11H,3-9,12H2,1-2H3. The maximum atomic E-state index is 6.05. The lowest BCUT2D eigenvalue weighted by atomic mass is 10.1. The van der Waals surface area contributed by atoms with E-state index in [1.807, 2.05) is 0 Å². The Hall–Kier alpha value is -0.0800. The summed E-state index contributed by atoms with van der Waals surface area (Å²) in [5.41, 5.74) is 6.05. The molecule has 2 nitrogen and oxygen atoms in total. The van der Waals surface area contributed by atoms with Crippen molar-refractivity contribution in [1.29, 1.82) is 0 Å². The van der Waals surface area contributed by atoms with Gasteiger partial charge in [-0.05, 0) is 38.4 Å². The molecule has 2 N–H and O–H groups in total. The highest BCUT2D eigenvalue weighted by Gasteiger charge is 2.23. The van der Waals surface area contributed by atoms with E-state index < -0.39 is 0 Å². The fourth-order valence-corrected chi connectivity index (χ4v) is 1.79. The van der Waals surface area contributed by atoms with Gasteiger partial charge in [-0.15, -0.1) is 0 Å². The summed E-state index contributed by atoms with van der Waals surface area (Å²) in [5.74, 6) is 0.978. The van der Waals surface area contributed by atoms with Crippen molar-refractivity contribution < 1.29 is 0 Å². The molecule has 1 aliphatic carbocycles. The molecular weight excluding hydrogens is 160 g/mol. The Labute approximate surface area is 82.5 Å². The molecule has 1 rings (SSSR count). The molecule has 2 heteroatoms. The van der Waals surface area contributed by atoms with E-state index in [0.29, 0.717) is 6.04 Å². The van der Waals surface area contributed by atoms with Crippen molar-refractivity contribution in [3.8, 4) is 0 Å². The molecule has 0 aromatic rings. The zero-order chi connectivity index (χ0) is 9.68. The number of nitrogens with zero attached hydrogens (tertiary/aromatic N) is 1. The molecule has 13 heavy (non-hydrogen) atoms. The van der Waals surface area contributed by atoms with E-state index in [0.717, 1.165) is 19.0 Å². The number of nitrogens with two attached hydrogens (primary N) is 1. The second-order valence-corrected chi connectivity index (χ2v) is 4.25. The summed E-state index contributed by atoms with van der Waals surface area (Å²) in [6.07, 6.45) is 5.30. The van der Waals surface area contributed by atoms with Gasteiger partial charge in [0.15, 0.2) is 0 Å². The van der Waals surface area contributed by atoms with E-state index in [1.54, 1.807) is 0 Å². The number of hydrogen-bond acceptors (Lipinski definition) is 2. The third-order valence-electron chi connectivity index (χ3n) is 3.04.